The van der Waals surface area contributed by atoms with Crippen molar-refractivity contribution in [3.8, 4) is 0 Å². The van der Waals surface area contributed by atoms with Crippen molar-refractivity contribution in [3.05, 3.63) is 85.1 Å². The first-order valence-electron chi connectivity index (χ1n) is 33.3. The van der Waals surface area contributed by atoms with Crippen LogP contribution in [0.5, 0.6) is 0 Å². The van der Waals surface area contributed by atoms with Gasteiger partial charge in [0.25, 0.3) is 0 Å². The van der Waals surface area contributed by atoms with E-state index in [4.69, 9.17) is 18.5 Å². The van der Waals surface area contributed by atoms with E-state index >= 15 is 0 Å². The third-order valence-corrected chi connectivity index (χ3v) is 15.4. The average Bonchev–Trinajstić information content (AvgIpc) is 3.42. The molecule has 0 saturated carbocycles. The molecule has 1 N–H and O–H groups in total. The average molecular weight is 1140 g/mol. The molecular weight excluding hydrogens is 1010 g/mol. The number of likely N-dealkylation sites (N-methyl/N-ethyl adjacent to an activating group) is 1. The molecule has 0 aliphatic rings. The maximum absolute atomic E-state index is 12.9. The monoisotopic (exact) mass is 1140 g/mol. The summed E-state index contributed by atoms with van der Waals surface area (Å²) < 4.78 is 34.7. The molecule has 9 nitrogen and oxygen atoms in total. The lowest BCUT2D eigenvalue weighted by Crippen LogP contribution is -2.37. The minimum atomic E-state index is -4.39. The molecule has 0 fully saturated rings. The topological polar surface area (TPSA) is 108 Å². The Balaban J connectivity index is 4.08. The first kappa shape index (κ1) is 77.2. The molecule has 0 bridgehead atoms. The van der Waals surface area contributed by atoms with E-state index in [-0.39, 0.29) is 32.0 Å². The Kier molecular flexibility index (Phi) is 58.6. The molecule has 0 amide bonds. The summed E-state index contributed by atoms with van der Waals surface area (Å²) in [6.07, 6.45) is 82.4. The van der Waals surface area contributed by atoms with Gasteiger partial charge in [0.1, 0.15) is 19.8 Å². The Bertz CT molecular complexity index is 1630. The van der Waals surface area contributed by atoms with E-state index < -0.39 is 26.5 Å². The lowest BCUT2D eigenvalue weighted by atomic mass is 10.0. The van der Waals surface area contributed by atoms with E-state index in [1.807, 2.05) is 21.1 Å². The number of phosphoric acid groups is 1. The largest absolute Gasteiger partial charge is 0.472 e. The van der Waals surface area contributed by atoms with Crippen LogP contribution >= 0.6 is 7.82 Å². The van der Waals surface area contributed by atoms with Crippen LogP contribution < -0.4 is 0 Å². The van der Waals surface area contributed by atoms with E-state index in [0.717, 1.165) is 77.0 Å². The number of phosphoric ester groups is 1. The van der Waals surface area contributed by atoms with Gasteiger partial charge < -0.3 is 18.9 Å². The number of esters is 2. The molecule has 0 aliphatic carbocycles. The van der Waals surface area contributed by atoms with Gasteiger partial charge in [-0.25, -0.2) is 4.57 Å². The maximum atomic E-state index is 12.9. The molecule has 10 heteroatoms. The minimum Gasteiger partial charge on any atom is -0.462 e. The first-order chi connectivity index (χ1) is 39.0. The van der Waals surface area contributed by atoms with E-state index in [1.54, 1.807) is 0 Å². The van der Waals surface area contributed by atoms with Gasteiger partial charge in [0.2, 0.25) is 0 Å². The lowest BCUT2D eigenvalue weighted by Gasteiger charge is -2.24. The molecule has 0 radical (unpaired) electrons. The molecule has 0 rings (SSSR count). The molecule has 0 spiro atoms. The molecule has 464 valence electrons. The normalized spacial score (nSPS) is 13.7. The van der Waals surface area contributed by atoms with Crippen molar-refractivity contribution < 1.29 is 42.1 Å². The van der Waals surface area contributed by atoms with Gasteiger partial charge in [-0.1, -0.05) is 279 Å². The van der Waals surface area contributed by atoms with Crippen LogP contribution in [-0.2, 0) is 32.7 Å². The first-order valence-corrected chi connectivity index (χ1v) is 34.8. The van der Waals surface area contributed by atoms with E-state index in [0.29, 0.717) is 17.4 Å². The number of hydrogen-bond donors (Lipinski definition) is 1. The second-order valence-corrected chi connectivity index (χ2v) is 24.9. The second-order valence-electron chi connectivity index (χ2n) is 23.5. The summed E-state index contributed by atoms with van der Waals surface area (Å²) in [5.74, 6) is -0.791. The van der Waals surface area contributed by atoms with Crippen molar-refractivity contribution in [2.75, 3.05) is 47.5 Å². The van der Waals surface area contributed by atoms with E-state index in [1.165, 1.54) is 186 Å². The van der Waals surface area contributed by atoms with Gasteiger partial charge in [-0.3, -0.25) is 18.6 Å². The number of quaternary nitrogens is 1. The molecule has 0 heterocycles. The smallest absolute Gasteiger partial charge is 0.462 e. The third kappa shape index (κ3) is 64.4. The number of ether oxygens (including phenoxy) is 2. The number of carbonyl (C=O) groups is 2. The molecule has 2 atom stereocenters. The van der Waals surface area contributed by atoms with Crippen molar-refractivity contribution in [1.82, 2.24) is 0 Å². The highest BCUT2D eigenvalue weighted by atomic mass is 31.2. The minimum absolute atomic E-state index is 0.0296. The summed E-state index contributed by atoms with van der Waals surface area (Å²) in [4.78, 5) is 35.8. The van der Waals surface area contributed by atoms with E-state index in [9.17, 15) is 19.0 Å². The van der Waals surface area contributed by atoms with Crippen LogP contribution in [0.2, 0.25) is 0 Å². The molecule has 0 aromatic heterocycles. The predicted molar refractivity (Wildman–Crippen MR) is 344 cm³/mol. The highest BCUT2D eigenvalue weighted by Crippen LogP contribution is 2.43. The standard InChI is InChI=1S/C70H126NO8P/c1-6-8-10-12-14-16-18-20-22-24-26-28-30-32-34-35-37-39-41-43-45-47-49-51-53-55-57-59-61-63-70(73)79-68(67-78-80(74,75)77-65-64-71(3,4)5)66-76-69(72)62-60-58-56-54-52-50-48-46-44-42-40-38-36-33-31-29-27-25-23-21-19-17-15-13-11-9-7-2/h8,10,14,16,19-22,25-28,32,34,68H,6-7,9,11-13,15,17-18,23-24,29-31,33,35-67H2,1-5H3/p+1/b10-8-,16-14-,21-19-,22-20-,27-25-,28-26-,34-32-. The summed E-state index contributed by atoms with van der Waals surface area (Å²) in [6.45, 7) is 4.34. The van der Waals surface area contributed by atoms with Crippen LogP contribution in [0.25, 0.3) is 0 Å². The lowest BCUT2D eigenvalue weighted by molar-refractivity contribution is -0.870. The molecular formula is C70H127NO8P+. The van der Waals surface area contributed by atoms with Gasteiger partial charge in [-0.05, 0) is 89.9 Å². The SMILES string of the molecule is CC/C=C\C/C=C\C/C=C\C/C=C\C/C=C\CCCCCCCCCCCCCCCC(=O)OC(COC(=O)CCCCCCCCCCCCCCCCC/C=C\C/C=C\CCCCCCC)COP(=O)(O)OCC[N+](C)(C)C. The summed E-state index contributed by atoms with van der Waals surface area (Å²) in [5, 5.41) is 0. The van der Waals surface area contributed by atoms with Crippen molar-refractivity contribution >= 4 is 19.8 Å². The summed E-state index contributed by atoms with van der Waals surface area (Å²) in [5.41, 5.74) is 0. The van der Waals surface area contributed by atoms with E-state index in [2.05, 4.69) is 98.9 Å². The highest BCUT2D eigenvalue weighted by Gasteiger charge is 2.27. The maximum Gasteiger partial charge on any atom is 0.472 e. The Morgan fingerprint density at radius 1 is 0.400 bits per heavy atom. The summed E-state index contributed by atoms with van der Waals surface area (Å²) >= 11 is 0. The van der Waals surface area contributed by atoms with Crippen LogP contribution in [0.15, 0.2) is 85.1 Å². The second kappa shape index (κ2) is 60.8. The molecule has 0 aromatic rings. The highest BCUT2D eigenvalue weighted by molar-refractivity contribution is 7.47. The number of allylic oxidation sites excluding steroid dienone is 14. The van der Waals surface area contributed by atoms with Gasteiger partial charge in [0.05, 0.1) is 27.7 Å². The number of hydrogen-bond acceptors (Lipinski definition) is 7. The van der Waals surface area contributed by atoms with Crippen LogP contribution in [-0.4, -0.2) is 74.9 Å². The van der Waals surface area contributed by atoms with Crippen molar-refractivity contribution in [2.45, 2.75) is 302 Å². The Hall–Kier alpha value is -2.81. The fraction of sp³-hybridized carbons (Fsp3) is 0.771. The van der Waals surface area contributed by atoms with Crippen molar-refractivity contribution in [2.24, 2.45) is 0 Å². The van der Waals surface area contributed by atoms with Gasteiger partial charge >= 0.3 is 19.8 Å². The molecule has 0 aromatic carbocycles. The van der Waals surface area contributed by atoms with Gasteiger partial charge in [0, 0.05) is 12.8 Å². The number of carbonyl (C=O) groups excluding carboxylic acids is 2. The fourth-order valence-electron chi connectivity index (χ4n) is 9.31. The van der Waals surface area contributed by atoms with Crippen LogP contribution in [0.1, 0.15) is 296 Å². The number of unbranched alkanes of at least 4 members (excludes halogenated alkanes) is 33. The fourth-order valence-corrected chi connectivity index (χ4v) is 10.1. The zero-order chi connectivity index (χ0) is 58.4. The van der Waals surface area contributed by atoms with Crippen molar-refractivity contribution in [1.29, 1.82) is 0 Å². The summed E-state index contributed by atoms with van der Waals surface area (Å²) in [7, 11) is 1.48. The third-order valence-electron chi connectivity index (χ3n) is 14.4. The zero-order valence-corrected chi connectivity index (χ0v) is 53.7. The molecule has 2 unspecified atom stereocenters. The van der Waals surface area contributed by atoms with Gasteiger partial charge in [0.15, 0.2) is 6.10 Å². The zero-order valence-electron chi connectivity index (χ0n) is 52.8. The summed E-state index contributed by atoms with van der Waals surface area (Å²) in [6, 6.07) is 0. The van der Waals surface area contributed by atoms with Gasteiger partial charge in [-0.2, -0.15) is 0 Å². The Morgan fingerprint density at radius 2 is 0.713 bits per heavy atom. The quantitative estimate of drug-likeness (QED) is 0.0211. The number of rotatable bonds is 61. The molecule has 0 saturated heterocycles. The van der Waals surface area contributed by atoms with Crippen molar-refractivity contribution in [3.63, 3.8) is 0 Å². The van der Waals surface area contributed by atoms with Gasteiger partial charge in [-0.15, -0.1) is 0 Å². The van der Waals surface area contributed by atoms with Crippen LogP contribution in [0.4, 0.5) is 0 Å². The van der Waals surface area contributed by atoms with Crippen LogP contribution in [0, 0.1) is 0 Å². The predicted octanol–water partition coefficient (Wildman–Crippen LogP) is 21.4. The number of nitrogens with zero attached hydrogens (tertiary/aromatic N) is 1. The Morgan fingerprint density at radius 3 is 1.06 bits per heavy atom. The molecule has 80 heavy (non-hydrogen) atoms. The molecule has 0 aliphatic heterocycles. The van der Waals surface area contributed by atoms with Crippen LogP contribution in [0.3, 0.4) is 0 Å². The Labute approximate surface area is 494 Å².